The quantitative estimate of drug-likeness (QED) is 0.908. The molecule has 1 amide bonds. The van der Waals surface area contributed by atoms with E-state index in [2.05, 4.69) is 0 Å². The summed E-state index contributed by atoms with van der Waals surface area (Å²) in [6.07, 6.45) is 4.30. The van der Waals surface area contributed by atoms with Gasteiger partial charge in [-0.3, -0.25) is 4.79 Å². The minimum atomic E-state index is -1.16. The Bertz CT molecular complexity index is 472. The van der Waals surface area contributed by atoms with E-state index in [1.165, 1.54) is 12.1 Å². The van der Waals surface area contributed by atoms with Crippen molar-refractivity contribution in [2.75, 3.05) is 0 Å². The molecular weight excluding hydrogens is 246 g/mol. The van der Waals surface area contributed by atoms with Crippen LogP contribution in [-0.2, 0) is 0 Å². The summed E-state index contributed by atoms with van der Waals surface area (Å²) < 4.78 is 5.11. The summed E-state index contributed by atoms with van der Waals surface area (Å²) in [6, 6.07) is 3.08. The number of amides is 1. The fourth-order valence-electron chi connectivity index (χ4n) is 2.70. The van der Waals surface area contributed by atoms with Crippen molar-refractivity contribution in [3.63, 3.8) is 0 Å². The van der Waals surface area contributed by atoms with Crippen LogP contribution in [0.4, 0.5) is 0 Å². The molecule has 1 aliphatic carbocycles. The van der Waals surface area contributed by atoms with Gasteiger partial charge in [-0.1, -0.05) is 12.8 Å². The van der Waals surface area contributed by atoms with Crippen LogP contribution in [0.1, 0.15) is 60.6 Å². The van der Waals surface area contributed by atoms with E-state index >= 15 is 0 Å². The molecule has 1 aromatic rings. The van der Waals surface area contributed by atoms with E-state index in [4.69, 9.17) is 9.52 Å². The van der Waals surface area contributed by atoms with Crippen LogP contribution in [0.25, 0.3) is 0 Å². The van der Waals surface area contributed by atoms with Crippen molar-refractivity contribution in [3.8, 4) is 0 Å². The second kappa shape index (κ2) is 5.47. The van der Waals surface area contributed by atoms with Crippen molar-refractivity contribution in [3.05, 3.63) is 23.7 Å². The highest BCUT2D eigenvalue weighted by molar-refractivity contribution is 5.93. The molecule has 1 aliphatic rings. The molecule has 0 saturated heterocycles. The topological polar surface area (TPSA) is 70.8 Å². The molecule has 5 heteroatoms. The first kappa shape index (κ1) is 13.6. The highest BCUT2D eigenvalue weighted by Crippen LogP contribution is 2.27. The van der Waals surface area contributed by atoms with Crippen molar-refractivity contribution in [2.24, 2.45) is 0 Å². The number of furan rings is 1. The van der Waals surface area contributed by atoms with Gasteiger partial charge in [0.25, 0.3) is 5.91 Å². The van der Waals surface area contributed by atoms with Crippen LogP contribution >= 0.6 is 0 Å². The summed E-state index contributed by atoms with van der Waals surface area (Å²) in [6.45, 7) is 3.94. The summed E-state index contributed by atoms with van der Waals surface area (Å²) in [5, 5.41) is 8.82. The lowest BCUT2D eigenvalue weighted by molar-refractivity contribution is 0.0570. The second-order valence-electron chi connectivity index (χ2n) is 5.21. The Hall–Kier alpha value is -1.78. The standard InChI is InChI=1S/C14H19NO4/c1-9(2)15(10-5-3-4-6-10)13(16)11-7-8-12(19-11)14(17)18/h7-10H,3-6H2,1-2H3,(H,17,18). The minimum Gasteiger partial charge on any atom is -0.475 e. The highest BCUT2D eigenvalue weighted by Gasteiger charge is 2.31. The van der Waals surface area contributed by atoms with Crippen molar-refractivity contribution in [2.45, 2.75) is 51.6 Å². The lowest BCUT2D eigenvalue weighted by Gasteiger charge is -2.32. The molecule has 0 bridgehead atoms. The van der Waals surface area contributed by atoms with E-state index in [0.717, 1.165) is 25.7 Å². The van der Waals surface area contributed by atoms with Crippen LogP contribution in [0.2, 0.25) is 0 Å². The Morgan fingerprint density at radius 2 is 1.84 bits per heavy atom. The molecule has 1 N–H and O–H groups in total. The van der Waals surface area contributed by atoms with E-state index in [0.29, 0.717) is 0 Å². The van der Waals surface area contributed by atoms with Crippen LogP contribution in [0, 0.1) is 0 Å². The van der Waals surface area contributed by atoms with Crippen LogP contribution in [0.5, 0.6) is 0 Å². The summed E-state index contributed by atoms with van der Waals surface area (Å²) in [7, 11) is 0. The zero-order chi connectivity index (χ0) is 14.0. The van der Waals surface area contributed by atoms with Gasteiger partial charge in [0, 0.05) is 12.1 Å². The largest absolute Gasteiger partial charge is 0.475 e. The molecule has 0 spiro atoms. The fraction of sp³-hybridized carbons (Fsp3) is 0.571. The summed E-state index contributed by atoms with van der Waals surface area (Å²) in [5.41, 5.74) is 0. The fourth-order valence-corrected chi connectivity index (χ4v) is 2.70. The number of nitrogens with zero attached hydrogens (tertiary/aromatic N) is 1. The predicted octanol–water partition coefficient (Wildman–Crippen LogP) is 2.77. The van der Waals surface area contributed by atoms with Crippen molar-refractivity contribution in [1.29, 1.82) is 0 Å². The third-order valence-corrected chi connectivity index (χ3v) is 3.54. The van der Waals surface area contributed by atoms with Crippen LogP contribution in [0.15, 0.2) is 16.5 Å². The summed E-state index contributed by atoms with van der Waals surface area (Å²) in [5.74, 6) is -1.46. The first-order valence-corrected chi connectivity index (χ1v) is 6.66. The molecule has 5 nitrogen and oxygen atoms in total. The Morgan fingerprint density at radius 3 is 2.32 bits per heavy atom. The Balaban J connectivity index is 2.20. The Labute approximate surface area is 112 Å². The van der Waals surface area contributed by atoms with Gasteiger partial charge in [-0.15, -0.1) is 0 Å². The maximum absolute atomic E-state index is 12.4. The first-order valence-electron chi connectivity index (χ1n) is 6.66. The number of carboxylic acids is 1. The van der Waals surface area contributed by atoms with Crippen LogP contribution in [-0.4, -0.2) is 34.0 Å². The Morgan fingerprint density at radius 1 is 1.26 bits per heavy atom. The van der Waals surface area contributed by atoms with Gasteiger partial charge in [-0.25, -0.2) is 4.79 Å². The summed E-state index contributed by atoms with van der Waals surface area (Å²) in [4.78, 5) is 25.0. The smallest absolute Gasteiger partial charge is 0.371 e. The Kier molecular flexibility index (Phi) is 3.93. The maximum atomic E-state index is 12.4. The number of aromatic carboxylic acids is 1. The van der Waals surface area contributed by atoms with Gasteiger partial charge in [0.05, 0.1) is 0 Å². The number of carbonyl (C=O) groups is 2. The lowest BCUT2D eigenvalue weighted by atomic mass is 10.1. The van der Waals surface area contributed by atoms with E-state index in [1.807, 2.05) is 18.7 Å². The molecular formula is C14H19NO4. The van der Waals surface area contributed by atoms with Gasteiger partial charge in [0.15, 0.2) is 5.76 Å². The lowest BCUT2D eigenvalue weighted by Crippen LogP contribution is -2.43. The molecule has 0 atom stereocenters. The average molecular weight is 265 g/mol. The van der Waals surface area contributed by atoms with Gasteiger partial charge in [-0.2, -0.15) is 0 Å². The van der Waals surface area contributed by atoms with Crippen molar-refractivity contribution >= 4 is 11.9 Å². The monoisotopic (exact) mass is 265 g/mol. The number of carboxylic acid groups (broad SMARTS) is 1. The number of hydrogen-bond donors (Lipinski definition) is 1. The SMILES string of the molecule is CC(C)N(C(=O)c1ccc(C(=O)O)o1)C1CCCC1. The number of carbonyl (C=O) groups excluding carboxylic acids is 1. The number of rotatable bonds is 4. The molecule has 1 fully saturated rings. The molecule has 19 heavy (non-hydrogen) atoms. The van der Waals surface area contributed by atoms with E-state index < -0.39 is 5.97 Å². The van der Waals surface area contributed by atoms with Gasteiger partial charge in [-0.05, 0) is 38.8 Å². The van der Waals surface area contributed by atoms with E-state index in [9.17, 15) is 9.59 Å². The maximum Gasteiger partial charge on any atom is 0.371 e. The molecule has 1 saturated carbocycles. The molecule has 104 valence electrons. The third kappa shape index (κ3) is 2.80. The third-order valence-electron chi connectivity index (χ3n) is 3.54. The molecule has 0 aromatic carbocycles. The molecule has 1 aromatic heterocycles. The highest BCUT2D eigenvalue weighted by atomic mass is 16.4. The van der Waals surface area contributed by atoms with Gasteiger partial charge >= 0.3 is 5.97 Å². The molecule has 0 radical (unpaired) electrons. The minimum absolute atomic E-state index is 0.0778. The normalized spacial score (nSPS) is 15.9. The van der Waals surface area contributed by atoms with Crippen LogP contribution in [0.3, 0.4) is 0 Å². The number of hydrogen-bond acceptors (Lipinski definition) is 3. The van der Waals surface area contributed by atoms with Gasteiger partial charge < -0.3 is 14.4 Å². The second-order valence-corrected chi connectivity index (χ2v) is 5.21. The van der Waals surface area contributed by atoms with Gasteiger partial charge in [0.1, 0.15) is 0 Å². The molecule has 1 heterocycles. The summed E-state index contributed by atoms with van der Waals surface area (Å²) >= 11 is 0. The van der Waals surface area contributed by atoms with Crippen molar-refractivity contribution < 1.29 is 19.1 Å². The predicted molar refractivity (Wildman–Crippen MR) is 69.2 cm³/mol. The first-order chi connectivity index (χ1) is 9.00. The van der Waals surface area contributed by atoms with Crippen molar-refractivity contribution in [1.82, 2.24) is 4.90 Å². The zero-order valence-corrected chi connectivity index (χ0v) is 11.3. The molecule has 0 aliphatic heterocycles. The molecule has 2 rings (SSSR count). The van der Waals surface area contributed by atoms with Crippen LogP contribution < -0.4 is 0 Å². The molecule has 0 unspecified atom stereocenters. The van der Waals surface area contributed by atoms with E-state index in [-0.39, 0.29) is 29.5 Å². The van der Waals surface area contributed by atoms with Gasteiger partial charge in [0.2, 0.25) is 5.76 Å². The average Bonchev–Trinajstić information content (AvgIpc) is 2.99. The zero-order valence-electron chi connectivity index (χ0n) is 11.3. The van der Waals surface area contributed by atoms with E-state index in [1.54, 1.807) is 0 Å².